The molecule has 0 saturated heterocycles. The zero-order valence-corrected chi connectivity index (χ0v) is 13.8. The van der Waals surface area contributed by atoms with Crippen molar-refractivity contribution in [3.05, 3.63) is 78.1 Å². The number of ether oxygens (including phenoxy) is 2. The monoisotopic (exact) mass is 340 g/mol. The van der Waals surface area contributed by atoms with Crippen molar-refractivity contribution >= 4 is 5.97 Å². The first-order valence-electron chi connectivity index (χ1n) is 7.73. The standard InChI is InChI=1S/C19H17FN2O3/c1-13(14-7-4-3-5-8-14)22-12-21-11-16(22)19(23)25-17-10-6-9-15(20)18(17)24-2/h3-13H,1-2H3/t13-/m1/s1. The average Bonchev–Trinajstić information content (AvgIpc) is 3.12. The maximum Gasteiger partial charge on any atom is 0.362 e. The number of para-hydroxylation sites is 1. The Morgan fingerprint density at radius 2 is 1.92 bits per heavy atom. The van der Waals surface area contributed by atoms with Gasteiger partial charge in [0.05, 0.1) is 25.7 Å². The summed E-state index contributed by atoms with van der Waals surface area (Å²) in [5, 5.41) is 0. The van der Waals surface area contributed by atoms with E-state index in [1.807, 2.05) is 37.3 Å². The molecule has 0 N–H and O–H groups in total. The molecular formula is C19H17FN2O3. The highest BCUT2D eigenvalue weighted by molar-refractivity contribution is 5.89. The summed E-state index contributed by atoms with van der Waals surface area (Å²) in [5.41, 5.74) is 1.29. The molecule has 0 saturated carbocycles. The number of halogens is 1. The predicted octanol–water partition coefficient (Wildman–Crippen LogP) is 3.86. The number of nitrogens with zero attached hydrogens (tertiary/aromatic N) is 2. The molecule has 3 aromatic rings. The lowest BCUT2D eigenvalue weighted by Crippen LogP contribution is -2.17. The summed E-state index contributed by atoms with van der Waals surface area (Å²) in [6.07, 6.45) is 2.99. The summed E-state index contributed by atoms with van der Waals surface area (Å²) < 4.78 is 25.7. The number of aromatic nitrogens is 2. The fraction of sp³-hybridized carbons (Fsp3) is 0.158. The number of benzene rings is 2. The van der Waals surface area contributed by atoms with Crippen LogP contribution in [0, 0.1) is 5.82 Å². The van der Waals surface area contributed by atoms with Gasteiger partial charge in [-0.05, 0) is 24.6 Å². The van der Waals surface area contributed by atoms with Gasteiger partial charge in [0, 0.05) is 0 Å². The van der Waals surface area contributed by atoms with Gasteiger partial charge in [0.1, 0.15) is 5.69 Å². The third-order valence-corrected chi connectivity index (χ3v) is 3.91. The molecule has 0 unspecified atom stereocenters. The fourth-order valence-electron chi connectivity index (χ4n) is 2.58. The van der Waals surface area contributed by atoms with Crippen molar-refractivity contribution in [2.45, 2.75) is 13.0 Å². The molecule has 25 heavy (non-hydrogen) atoms. The van der Waals surface area contributed by atoms with Crippen LogP contribution in [-0.2, 0) is 0 Å². The van der Waals surface area contributed by atoms with Crippen molar-refractivity contribution in [2.75, 3.05) is 7.11 Å². The van der Waals surface area contributed by atoms with Gasteiger partial charge in [-0.15, -0.1) is 0 Å². The van der Waals surface area contributed by atoms with Gasteiger partial charge in [-0.2, -0.15) is 0 Å². The third-order valence-electron chi connectivity index (χ3n) is 3.91. The zero-order chi connectivity index (χ0) is 17.8. The van der Waals surface area contributed by atoms with Crippen molar-refractivity contribution in [3.8, 4) is 11.5 Å². The minimum Gasteiger partial charge on any atom is -0.490 e. The molecule has 0 aliphatic heterocycles. The van der Waals surface area contributed by atoms with E-state index in [4.69, 9.17) is 9.47 Å². The molecule has 0 spiro atoms. The Kier molecular flexibility index (Phi) is 4.79. The molecule has 2 aromatic carbocycles. The number of carbonyl (C=O) groups excluding carboxylic acids is 1. The largest absolute Gasteiger partial charge is 0.490 e. The first kappa shape index (κ1) is 16.7. The van der Waals surface area contributed by atoms with E-state index < -0.39 is 11.8 Å². The number of carbonyl (C=O) groups is 1. The summed E-state index contributed by atoms with van der Waals surface area (Å²) in [6.45, 7) is 1.95. The second-order valence-electron chi connectivity index (χ2n) is 5.43. The molecule has 0 amide bonds. The van der Waals surface area contributed by atoms with Crippen LogP contribution in [0.5, 0.6) is 11.5 Å². The maximum atomic E-state index is 13.7. The van der Waals surface area contributed by atoms with Crippen LogP contribution < -0.4 is 9.47 Å². The number of imidazole rings is 1. The summed E-state index contributed by atoms with van der Waals surface area (Å²) in [6, 6.07) is 13.8. The molecular weight excluding hydrogens is 323 g/mol. The predicted molar refractivity (Wildman–Crippen MR) is 90.4 cm³/mol. The molecule has 6 heteroatoms. The van der Waals surface area contributed by atoms with E-state index in [2.05, 4.69) is 4.98 Å². The maximum absolute atomic E-state index is 13.7. The molecule has 1 aromatic heterocycles. The quantitative estimate of drug-likeness (QED) is 0.523. The minimum atomic E-state index is -0.635. The Morgan fingerprint density at radius 3 is 2.64 bits per heavy atom. The van der Waals surface area contributed by atoms with Crippen LogP contribution >= 0.6 is 0 Å². The number of hydrogen-bond acceptors (Lipinski definition) is 4. The smallest absolute Gasteiger partial charge is 0.362 e. The second kappa shape index (κ2) is 7.17. The van der Waals surface area contributed by atoms with Crippen molar-refractivity contribution < 1.29 is 18.7 Å². The molecule has 0 aliphatic rings. The highest BCUT2D eigenvalue weighted by atomic mass is 19.1. The molecule has 3 rings (SSSR count). The van der Waals surface area contributed by atoms with E-state index in [-0.39, 0.29) is 23.2 Å². The highest BCUT2D eigenvalue weighted by Crippen LogP contribution is 2.30. The van der Waals surface area contributed by atoms with E-state index in [9.17, 15) is 9.18 Å². The summed E-state index contributed by atoms with van der Waals surface area (Å²) in [4.78, 5) is 16.6. The lowest BCUT2D eigenvalue weighted by molar-refractivity contribution is 0.0716. The van der Waals surface area contributed by atoms with Gasteiger partial charge in [0.25, 0.3) is 0 Å². The lowest BCUT2D eigenvalue weighted by Gasteiger charge is -2.16. The van der Waals surface area contributed by atoms with Crippen molar-refractivity contribution in [1.29, 1.82) is 0 Å². The lowest BCUT2D eigenvalue weighted by atomic mass is 10.1. The molecule has 5 nitrogen and oxygen atoms in total. The molecule has 128 valence electrons. The first-order chi connectivity index (χ1) is 12.1. The SMILES string of the molecule is COc1c(F)cccc1OC(=O)c1cncn1[C@H](C)c1ccccc1. The van der Waals surface area contributed by atoms with Gasteiger partial charge in [0.2, 0.25) is 0 Å². The van der Waals surface area contributed by atoms with E-state index in [0.29, 0.717) is 0 Å². The minimum absolute atomic E-state index is 0.0209. The molecule has 0 fully saturated rings. The molecule has 0 bridgehead atoms. The first-order valence-corrected chi connectivity index (χ1v) is 7.73. The van der Waals surface area contributed by atoms with Crippen molar-refractivity contribution in [2.24, 2.45) is 0 Å². The Balaban J connectivity index is 1.88. The normalized spacial score (nSPS) is 11.8. The van der Waals surface area contributed by atoms with E-state index >= 15 is 0 Å². The number of esters is 1. The Hall–Kier alpha value is -3.15. The van der Waals surface area contributed by atoms with Crippen molar-refractivity contribution in [3.63, 3.8) is 0 Å². The molecule has 0 aliphatic carbocycles. The summed E-state index contributed by atoms with van der Waals surface area (Å²) in [5.74, 6) is -1.33. The zero-order valence-electron chi connectivity index (χ0n) is 13.8. The summed E-state index contributed by atoms with van der Waals surface area (Å²) in [7, 11) is 1.32. The van der Waals surface area contributed by atoms with Gasteiger partial charge in [0.15, 0.2) is 17.3 Å². The Bertz CT molecular complexity index is 877. The Morgan fingerprint density at radius 1 is 1.16 bits per heavy atom. The van der Waals surface area contributed by atoms with E-state index in [1.165, 1.54) is 31.5 Å². The number of rotatable bonds is 5. The molecule has 0 radical (unpaired) electrons. The van der Waals surface area contributed by atoms with Crippen molar-refractivity contribution in [1.82, 2.24) is 9.55 Å². The van der Waals surface area contributed by atoms with Crippen LogP contribution in [0.1, 0.15) is 29.0 Å². The van der Waals surface area contributed by atoms with E-state index in [1.54, 1.807) is 10.9 Å². The van der Waals surface area contributed by atoms with Gasteiger partial charge in [-0.25, -0.2) is 14.2 Å². The van der Waals surface area contributed by atoms with Gasteiger partial charge >= 0.3 is 5.97 Å². The topological polar surface area (TPSA) is 53.4 Å². The van der Waals surface area contributed by atoms with Gasteiger partial charge < -0.3 is 14.0 Å². The van der Waals surface area contributed by atoms with Crippen LogP contribution in [0.15, 0.2) is 61.1 Å². The Labute approximate surface area is 144 Å². The molecule has 1 heterocycles. The fourth-order valence-corrected chi connectivity index (χ4v) is 2.58. The summed E-state index contributed by atoms with van der Waals surface area (Å²) >= 11 is 0. The van der Waals surface area contributed by atoms with Crippen LogP contribution in [-0.4, -0.2) is 22.6 Å². The van der Waals surface area contributed by atoms with Crippen LogP contribution in [0.3, 0.4) is 0 Å². The van der Waals surface area contributed by atoms with Crippen LogP contribution in [0.25, 0.3) is 0 Å². The van der Waals surface area contributed by atoms with Gasteiger partial charge in [-0.1, -0.05) is 36.4 Å². The van der Waals surface area contributed by atoms with Crippen LogP contribution in [0.4, 0.5) is 4.39 Å². The average molecular weight is 340 g/mol. The third kappa shape index (κ3) is 3.38. The van der Waals surface area contributed by atoms with E-state index in [0.717, 1.165) is 5.56 Å². The number of hydrogen-bond donors (Lipinski definition) is 0. The molecule has 1 atom stereocenters. The number of methoxy groups -OCH3 is 1. The second-order valence-corrected chi connectivity index (χ2v) is 5.43. The van der Waals surface area contributed by atoms with Gasteiger partial charge in [-0.3, -0.25) is 0 Å². The highest BCUT2D eigenvalue weighted by Gasteiger charge is 2.21. The van der Waals surface area contributed by atoms with Crippen LogP contribution in [0.2, 0.25) is 0 Å².